The van der Waals surface area contributed by atoms with Crippen molar-refractivity contribution in [2.75, 3.05) is 14.2 Å². The first-order valence-corrected chi connectivity index (χ1v) is 9.04. The van der Waals surface area contributed by atoms with E-state index in [0.717, 1.165) is 5.56 Å². The first-order valence-electron chi connectivity index (χ1n) is 9.04. The molecule has 7 nitrogen and oxygen atoms in total. The second-order valence-electron chi connectivity index (χ2n) is 6.74. The van der Waals surface area contributed by atoms with Crippen molar-refractivity contribution < 1.29 is 19.3 Å². The minimum atomic E-state index is -0.568. The molecular weight excluding hydrogens is 372 g/mol. The van der Waals surface area contributed by atoms with E-state index in [4.69, 9.17) is 20.8 Å². The summed E-state index contributed by atoms with van der Waals surface area (Å²) in [6.45, 7) is 11.3. The Balaban J connectivity index is 2.27. The van der Waals surface area contributed by atoms with Crippen molar-refractivity contribution in [1.82, 2.24) is 4.57 Å². The lowest BCUT2D eigenvalue weighted by molar-refractivity contribution is 0.230. The van der Waals surface area contributed by atoms with Gasteiger partial charge in [-0.15, -0.1) is 0 Å². The number of hydrogen-bond donors (Lipinski definition) is 1. The van der Waals surface area contributed by atoms with E-state index in [1.165, 1.54) is 11.7 Å². The van der Waals surface area contributed by atoms with Gasteiger partial charge in [0.05, 0.1) is 32.4 Å². The molecule has 0 aliphatic heterocycles. The highest BCUT2D eigenvalue weighted by Crippen LogP contribution is 2.39. The van der Waals surface area contributed by atoms with E-state index in [1.54, 1.807) is 31.4 Å². The number of methoxy groups -OCH3 is 2. The van der Waals surface area contributed by atoms with Crippen LogP contribution in [0.3, 0.4) is 0 Å². The van der Waals surface area contributed by atoms with Gasteiger partial charge in [0.15, 0.2) is 11.5 Å². The fourth-order valence-corrected chi connectivity index (χ4v) is 3.11. The van der Waals surface area contributed by atoms with E-state index in [-0.39, 0.29) is 24.1 Å². The molecule has 3 rings (SSSR count). The molecule has 3 aromatic rings. The SMILES string of the molecule is [C-]#[N+]c1c(O)c2cc(OC)c(OC(C)C)cc2n(Cc2ccc(OC)cc2)c1=O. The van der Waals surface area contributed by atoms with Crippen LogP contribution in [-0.2, 0) is 6.54 Å². The van der Waals surface area contributed by atoms with Crippen LogP contribution in [0.25, 0.3) is 15.7 Å². The first-order chi connectivity index (χ1) is 13.9. The van der Waals surface area contributed by atoms with Gasteiger partial charge in [-0.1, -0.05) is 12.1 Å². The molecule has 0 aliphatic carbocycles. The smallest absolute Gasteiger partial charge is 0.291 e. The average Bonchev–Trinajstić information content (AvgIpc) is 2.71. The number of rotatable bonds is 6. The fourth-order valence-electron chi connectivity index (χ4n) is 3.11. The third-order valence-corrected chi connectivity index (χ3v) is 4.47. The molecule has 150 valence electrons. The molecule has 0 bridgehead atoms. The number of nitrogens with zero attached hydrogens (tertiary/aromatic N) is 2. The Labute approximate surface area is 168 Å². The lowest BCUT2D eigenvalue weighted by atomic mass is 10.1. The summed E-state index contributed by atoms with van der Waals surface area (Å²) in [6, 6.07) is 10.5. The molecule has 1 N–H and O–H groups in total. The molecule has 0 saturated heterocycles. The number of hydrogen-bond acceptors (Lipinski definition) is 5. The summed E-state index contributed by atoms with van der Waals surface area (Å²) >= 11 is 0. The van der Waals surface area contributed by atoms with Crippen LogP contribution in [-0.4, -0.2) is 30.0 Å². The van der Waals surface area contributed by atoms with Crippen LogP contribution in [0.15, 0.2) is 41.2 Å². The monoisotopic (exact) mass is 394 g/mol. The summed E-state index contributed by atoms with van der Waals surface area (Å²) in [5.41, 5.74) is 0.400. The second-order valence-corrected chi connectivity index (χ2v) is 6.74. The highest BCUT2D eigenvalue weighted by atomic mass is 16.5. The van der Waals surface area contributed by atoms with Gasteiger partial charge in [0.25, 0.3) is 11.2 Å². The van der Waals surface area contributed by atoms with Crippen molar-refractivity contribution in [3.05, 3.63) is 63.7 Å². The fraction of sp³-hybridized carbons (Fsp3) is 0.273. The largest absolute Gasteiger partial charge is 0.518 e. The lowest BCUT2D eigenvalue weighted by Gasteiger charge is -2.18. The zero-order valence-corrected chi connectivity index (χ0v) is 16.7. The molecule has 2 aromatic carbocycles. The number of fused-ring (bicyclic) bond motifs is 1. The molecule has 0 radical (unpaired) electrons. The third-order valence-electron chi connectivity index (χ3n) is 4.47. The van der Waals surface area contributed by atoms with Gasteiger partial charge in [-0.3, -0.25) is 4.79 Å². The van der Waals surface area contributed by atoms with E-state index in [0.29, 0.717) is 28.2 Å². The highest BCUT2D eigenvalue weighted by Gasteiger charge is 2.20. The molecule has 0 spiro atoms. The quantitative estimate of drug-likeness (QED) is 0.637. The molecule has 0 saturated carbocycles. The van der Waals surface area contributed by atoms with Crippen LogP contribution in [0, 0.1) is 6.57 Å². The Morgan fingerprint density at radius 2 is 1.79 bits per heavy atom. The van der Waals surface area contributed by atoms with Gasteiger partial charge < -0.3 is 23.9 Å². The maximum absolute atomic E-state index is 12.9. The Morgan fingerprint density at radius 1 is 1.10 bits per heavy atom. The van der Waals surface area contributed by atoms with Gasteiger partial charge in [-0.25, -0.2) is 4.85 Å². The van der Waals surface area contributed by atoms with Crippen LogP contribution in [0.1, 0.15) is 19.4 Å². The second kappa shape index (κ2) is 8.15. The number of benzene rings is 2. The van der Waals surface area contributed by atoms with Crippen molar-refractivity contribution >= 4 is 16.6 Å². The van der Waals surface area contributed by atoms with Crippen molar-refractivity contribution in [1.29, 1.82) is 0 Å². The summed E-state index contributed by atoms with van der Waals surface area (Å²) in [5, 5.41) is 10.9. The van der Waals surface area contributed by atoms with Gasteiger partial charge in [-0.2, -0.15) is 0 Å². The van der Waals surface area contributed by atoms with E-state index >= 15 is 0 Å². The van der Waals surface area contributed by atoms with Crippen LogP contribution in [0.5, 0.6) is 23.0 Å². The minimum absolute atomic E-state index is 0.112. The Hall–Kier alpha value is -3.66. The van der Waals surface area contributed by atoms with E-state index < -0.39 is 5.56 Å². The molecule has 0 aliphatic rings. The number of aromatic nitrogens is 1. The molecule has 0 unspecified atom stereocenters. The van der Waals surface area contributed by atoms with Gasteiger partial charge in [0.2, 0.25) is 0 Å². The molecule has 7 heteroatoms. The summed E-state index contributed by atoms with van der Waals surface area (Å²) in [4.78, 5) is 16.2. The standard InChI is InChI=1S/C22H22N2O5/c1-13(2)29-19-11-17-16(10-18(19)28-5)21(25)20(23-3)22(26)24(17)12-14-6-8-15(27-4)9-7-14/h6-11,13,25H,12H2,1-2,4-5H3. The Bertz CT molecular complexity index is 1140. The predicted octanol–water partition coefficient (Wildman–Crippen LogP) is 4.11. The Kier molecular flexibility index (Phi) is 5.64. The predicted molar refractivity (Wildman–Crippen MR) is 111 cm³/mol. The minimum Gasteiger partial charge on any atom is -0.518 e. The summed E-state index contributed by atoms with van der Waals surface area (Å²) < 4.78 is 17.8. The molecule has 1 aromatic heterocycles. The zero-order chi connectivity index (χ0) is 21.1. The molecular formula is C22H22N2O5. The number of pyridine rings is 1. The van der Waals surface area contributed by atoms with Crippen LogP contribution < -0.4 is 19.8 Å². The Morgan fingerprint density at radius 3 is 2.34 bits per heavy atom. The summed E-state index contributed by atoms with van der Waals surface area (Å²) in [7, 11) is 3.08. The molecule has 0 atom stereocenters. The topological polar surface area (TPSA) is 74.3 Å². The van der Waals surface area contributed by atoms with Gasteiger partial charge in [0.1, 0.15) is 11.5 Å². The van der Waals surface area contributed by atoms with Crippen molar-refractivity contribution in [3.8, 4) is 23.0 Å². The molecule has 0 amide bonds. The number of ether oxygens (including phenoxy) is 3. The van der Waals surface area contributed by atoms with Crippen LogP contribution in [0.4, 0.5) is 5.69 Å². The maximum Gasteiger partial charge on any atom is 0.291 e. The van der Waals surface area contributed by atoms with Crippen molar-refractivity contribution in [3.63, 3.8) is 0 Å². The first kappa shape index (κ1) is 20.1. The van der Waals surface area contributed by atoms with Gasteiger partial charge >= 0.3 is 0 Å². The molecule has 0 fully saturated rings. The van der Waals surface area contributed by atoms with Crippen molar-refractivity contribution in [2.45, 2.75) is 26.5 Å². The van der Waals surface area contributed by atoms with Gasteiger partial charge in [-0.05, 0) is 37.6 Å². The maximum atomic E-state index is 12.9. The normalized spacial score (nSPS) is 10.8. The average molecular weight is 394 g/mol. The van der Waals surface area contributed by atoms with Gasteiger partial charge in [0, 0.05) is 18.0 Å². The summed E-state index contributed by atoms with van der Waals surface area (Å²) in [6.07, 6.45) is -0.112. The lowest BCUT2D eigenvalue weighted by Crippen LogP contribution is -2.21. The van der Waals surface area contributed by atoms with E-state index in [1.807, 2.05) is 26.0 Å². The summed E-state index contributed by atoms with van der Waals surface area (Å²) in [5.74, 6) is 1.20. The molecule has 29 heavy (non-hydrogen) atoms. The third kappa shape index (κ3) is 3.83. The highest BCUT2D eigenvalue weighted by molar-refractivity contribution is 5.93. The van der Waals surface area contributed by atoms with Crippen LogP contribution >= 0.6 is 0 Å². The van der Waals surface area contributed by atoms with E-state index in [9.17, 15) is 9.90 Å². The van der Waals surface area contributed by atoms with E-state index in [2.05, 4.69) is 4.85 Å². The van der Waals surface area contributed by atoms with Crippen LogP contribution in [0.2, 0.25) is 0 Å². The molecule has 1 heterocycles. The van der Waals surface area contributed by atoms with Crippen molar-refractivity contribution in [2.24, 2.45) is 0 Å². The number of aromatic hydroxyl groups is 1. The zero-order valence-electron chi connectivity index (χ0n) is 16.7.